The molecule has 0 fully saturated rings. The summed E-state index contributed by atoms with van der Waals surface area (Å²) in [5.41, 5.74) is 0. The molecule has 5 atom stereocenters. The minimum absolute atomic E-state index is 0.0655. The summed E-state index contributed by atoms with van der Waals surface area (Å²) in [6.07, 6.45) is 76.8. The summed E-state index contributed by atoms with van der Waals surface area (Å²) in [4.78, 5) is 72.9. The normalized spacial score (nSPS) is 14.4. The second-order valence-corrected chi connectivity index (χ2v) is 29.2. The van der Waals surface area contributed by atoms with Crippen LogP contribution in [0.4, 0.5) is 0 Å². The van der Waals surface area contributed by atoms with E-state index in [2.05, 4.69) is 113 Å². The number of unbranched alkanes of at least 4 members (excludes halogenated alkanes) is 33. The van der Waals surface area contributed by atoms with Gasteiger partial charge in [0.25, 0.3) is 0 Å². The van der Waals surface area contributed by atoms with E-state index in [9.17, 15) is 43.2 Å². The smallest absolute Gasteiger partial charge is 0.462 e. The lowest BCUT2D eigenvalue weighted by Crippen LogP contribution is -2.30. The average Bonchev–Trinajstić information content (AvgIpc) is 0.945. The second kappa shape index (κ2) is 73.3. The minimum Gasteiger partial charge on any atom is -0.462 e. The van der Waals surface area contributed by atoms with Crippen molar-refractivity contribution in [3.8, 4) is 0 Å². The predicted molar refractivity (Wildman–Crippen MR) is 409 cm³/mol. The molecular formula is C81H142O17P2. The molecule has 0 aromatic heterocycles. The standard InChI is InChI=1S/C81H142O17P2/c1-5-9-13-17-21-25-29-33-36-37-40-42-46-50-54-58-62-66-79(84)92-72-77(98-81(86)68-64-60-56-52-48-44-39-35-31-27-23-19-15-11-7-3)74-96-100(89,90)94-70-75(82)69-93-99(87,88)95-73-76(71-91-78(83)65-61-57-53-49-45-41-32-28-24-20-16-12-8-4)97-80(85)67-63-59-55-51-47-43-38-34-30-26-22-18-14-10-6-2/h21,25,27-28,31-36,38-40,42,50,54,75-77,82H,5-20,22-24,26,29-30,37,41,43-49,51-53,55-74H2,1-4H3,(H,87,88)(H,89,90)/b25-21-,31-27-,32-28-,36-33-,38-34-,39-35-,42-40-,54-50-/t75-,76+,77+/m0/s1. The van der Waals surface area contributed by atoms with Gasteiger partial charge in [0.15, 0.2) is 12.2 Å². The van der Waals surface area contributed by atoms with Gasteiger partial charge < -0.3 is 33.8 Å². The van der Waals surface area contributed by atoms with Crippen molar-refractivity contribution in [2.75, 3.05) is 39.6 Å². The predicted octanol–water partition coefficient (Wildman–Crippen LogP) is 22.8. The van der Waals surface area contributed by atoms with Crippen LogP contribution in [0.2, 0.25) is 0 Å². The third-order valence-corrected chi connectivity index (χ3v) is 18.4. The zero-order valence-electron chi connectivity index (χ0n) is 63.1. The maximum atomic E-state index is 13.1. The van der Waals surface area contributed by atoms with Crippen molar-refractivity contribution < 1.29 is 80.2 Å². The fourth-order valence-corrected chi connectivity index (χ4v) is 12.0. The summed E-state index contributed by atoms with van der Waals surface area (Å²) < 4.78 is 68.5. The third-order valence-electron chi connectivity index (χ3n) is 16.5. The number of hydrogen-bond donors (Lipinski definition) is 3. The van der Waals surface area contributed by atoms with Crippen LogP contribution < -0.4 is 0 Å². The Morgan fingerprint density at radius 3 is 0.890 bits per heavy atom. The van der Waals surface area contributed by atoms with Crippen LogP contribution in [0.1, 0.15) is 336 Å². The van der Waals surface area contributed by atoms with Gasteiger partial charge in [-0.25, -0.2) is 9.13 Å². The summed E-state index contributed by atoms with van der Waals surface area (Å²) in [6.45, 7) is 4.74. The van der Waals surface area contributed by atoms with Gasteiger partial charge in [0.05, 0.1) is 26.4 Å². The molecule has 0 bridgehead atoms. The fourth-order valence-electron chi connectivity index (χ4n) is 10.4. The first-order chi connectivity index (χ1) is 48.7. The van der Waals surface area contributed by atoms with E-state index >= 15 is 0 Å². The number of allylic oxidation sites excluding steroid dienone is 16. The molecule has 3 N–H and O–H groups in total. The highest BCUT2D eigenvalue weighted by atomic mass is 31.2. The van der Waals surface area contributed by atoms with Gasteiger partial charge in [-0.1, -0.05) is 266 Å². The molecule has 0 heterocycles. The highest BCUT2D eigenvalue weighted by molar-refractivity contribution is 7.47. The van der Waals surface area contributed by atoms with Crippen molar-refractivity contribution in [1.29, 1.82) is 0 Å². The molecule has 0 aliphatic carbocycles. The van der Waals surface area contributed by atoms with Crippen LogP contribution in [-0.4, -0.2) is 96.7 Å². The Kier molecular flexibility index (Phi) is 70.4. The zero-order valence-corrected chi connectivity index (χ0v) is 64.9. The molecule has 0 saturated carbocycles. The van der Waals surface area contributed by atoms with E-state index in [0.717, 1.165) is 141 Å². The van der Waals surface area contributed by atoms with Crippen LogP contribution in [0, 0.1) is 0 Å². The number of aliphatic hydroxyl groups excluding tert-OH is 1. The van der Waals surface area contributed by atoms with Crippen LogP contribution >= 0.6 is 15.6 Å². The van der Waals surface area contributed by atoms with Crippen molar-refractivity contribution in [1.82, 2.24) is 0 Å². The van der Waals surface area contributed by atoms with Crippen LogP contribution in [0.3, 0.4) is 0 Å². The van der Waals surface area contributed by atoms with Crippen molar-refractivity contribution >= 4 is 39.5 Å². The molecule has 0 radical (unpaired) electrons. The number of hydrogen-bond acceptors (Lipinski definition) is 15. The van der Waals surface area contributed by atoms with E-state index in [1.54, 1.807) is 0 Å². The van der Waals surface area contributed by atoms with E-state index in [-0.39, 0.29) is 25.7 Å². The van der Waals surface area contributed by atoms with Gasteiger partial charge in [0, 0.05) is 25.7 Å². The number of rotatable bonds is 74. The minimum atomic E-state index is -4.99. The van der Waals surface area contributed by atoms with E-state index in [4.69, 9.17) is 37.0 Å². The van der Waals surface area contributed by atoms with Gasteiger partial charge >= 0.3 is 39.5 Å². The molecule has 0 aliphatic rings. The SMILES string of the molecule is CCCCC/C=C\C/C=C\C/C=C\C/C=C\CCCC(=O)OC[C@H](COP(=O)(O)OC[C@@H](O)COP(=O)(O)OC[C@@H](COC(=O)CCCCCCC/C=C\CCCCCC)OC(=O)CCCCCCC/C=C\CCCCCCCC)OC(=O)CCCCCCC/C=C\C=C/CCCCCC. The van der Waals surface area contributed by atoms with Crippen LogP contribution in [-0.2, 0) is 65.4 Å². The van der Waals surface area contributed by atoms with Gasteiger partial charge in [-0.3, -0.25) is 37.3 Å². The van der Waals surface area contributed by atoms with Gasteiger partial charge in [-0.05, 0) is 141 Å². The lowest BCUT2D eigenvalue weighted by Gasteiger charge is -2.21. The topological polar surface area (TPSA) is 237 Å². The molecule has 578 valence electrons. The molecule has 100 heavy (non-hydrogen) atoms. The van der Waals surface area contributed by atoms with Gasteiger partial charge in [0.2, 0.25) is 0 Å². The van der Waals surface area contributed by atoms with Crippen molar-refractivity contribution in [3.05, 3.63) is 97.2 Å². The third kappa shape index (κ3) is 72.3. The number of carbonyl (C=O) groups is 4. The van der Waals surface area contributed by atoms with E-state index in [1.807, 2.05) is 12.2 Å². The number of carbonyl (C=O) groups excluding carboxylic acids is 4. The number of ether oxygens (including phenoxy) is 4. The Hall–Kier alpha value is -4.02. The quantitative estimate of drug-likeness (QED) is 0.0128. The Bertz CT molecular complexity index is 2270. The van der Waals surface area contributed by atoms with Crippen LogP contribution in [0.25, 0.3) is 0 Å². The molecule has 0 amide bonds. The largest absolute Gasteiger partial charge is 0.472 e. The average molecular weight is 1450 g/mol. The molecule has 0 rings (SSSR count). The maximum absolute atomic E-state index is 13.1. The summed E-state index contributed by atoms with van der Waals surface area (Å²) in [6, 6.07) is 0. The first-order valence-electron chi connectivity index (χ1n) is 39.5. The molecule has 19 heteroatoms. The first kappa shape index (κ1) is 96.0. The Morgan fingerprint density at radius 1 is 0.290 bits per heavy atom. The lowest BCUT2D eigenvalue weighted by atomic mass is 10.1. The molecule has 0 saturated heterocycles. The monoisotopic (exact) mass is 1450 g/mol. The number of aliphatic hydroxyl groups is 1. The van der Waals surface area contributed by atoms with Crippen molar-refractivity contribution in [2.24, 2.45) is 0 Å². The summed E-state index contributed by atoms with van der Waals surface area (Å²) >= 11 is 0. The van der Waals surface area contributed by atoms with E-state index < -0.39 is 97.5 Å². The summed E-state index contributed by atoms with van der Waals surface area (Å²) in [7, 11) is -9.97. The molecule has 0 aromatic rings. The maximum Gasteiger partial charge on any atom is 0.472 e. The molecule has 0 aliphatic heterocycles. The Labute approximate surface area is 607 Å². The van der Waals surface area contributed by atoms with Crippen LogP contribution in [0.5, 0.6) is 0 Å². The number of phosphoric ester groups is 2. The van der Waals surface area contributed by atoms with Gasteiger partial charge in [-0.15, -0.1) is 0 Å². The van der Waals surface area contributed by atoms with Crippen molar-refractivity contribution in [2.45, 2.75) is 354 Å². The number of phosphoric acid groups is 2. The highest BCUT2D eigenvalue weighted by Gasteiger charge is 2.30. The molecule has 17 nitrogen and oxygen atoms in total. The molecule has 0 spiro atoms. The zero-order chi connectivity index (χ0) is 73.2. The van der Waals surface area contributed by atoms with Crippen LogP contribution in [0.15, 0.2) is 97.2 Å². The molecule has 0 aromatic carbocycles. The highest BCUT2D eigenvalue weighted by Crippen LogP contribution is 2.45. The lowest BCUT2D eigenvalue weighted by molar-refractivity contribution is -0.161. The van der Waals surface area contributed by atoms with Gasteiger partial charge in [0.1, 0.15) is 19.3 Å². The van der Waals surface area contributed by atoms with Gasteiger partial charge in [-0.2, -0.15) is 0 Å². The Balaban J connectivity index is 5.42. The Morgan fingerprint density at radius 2 is 0.530 bits per heavy atom. The van der Waals surface area contributed by atoms with E-state index in [1.165, 1.54) is 109 Å². The summed E-state index contributed by atoms with van der Waals surface area (Å²) in [5, 5.41) is 10.6. The summed E-state index contributed by atoms with van der Waals surface area (Å²) in [5.74, 6) is -2.26. The van der Waals surface area contributed by atoms with E-state index in [0.29, 0.717) is 32.1 Å². The number of esters is 4. The second-order valence-electron chi connectivity index (χ2n) is 26.3. The molecular weight excluding hydrogens is 1310 g/mol. The first-order valence-corrected chi connectivity index (χ1v) is 42.5. The fraction of sp³-hybridized carbons (Fsp3) is 0.753. The molecule has 2 unspecified atom stereocenters. The van der Waals surface area contributed by atoms with Crippen molar-refractivity contribution in [3.63, 3.8) is 0 Å².